The molecule has 2 N–H and O–H groups in total. The molecule has 0 unspecified atom stereocenters. The molecule has 0 spiro atoms. The summed E-state index contributed by atoms with van der Waals surface area (Å²) in [7, 11) is 0. The van der Waals surface area contributed by atoms with Crippen molar-refractivity contribution in [3.8, 4) is 6.07 Å². The maximum absolute atomic E-state index is 10.9. The van der Waals surface area contributed by atoms with E-state index in [-0.39, 0.29) is 12.3 Å². The van der Waals surface area contributed by atoms with E-state index in [1.165, 1.54) is 0 Å². The lowest BCUT2D eigenvalue weighted by Crippen LogP contribution is -2.46. The minimum Gasteiger partial charge on any atom is -0.354 e. The SMILES string of the molecule is N#CCC(=O)NCCN1CCNCC1. The third-order valence-electron chi connectivity index (χ3n) is 2.20. The van der Waals surface area contributed by atoms with Gasteiger partial charge in [0.15, 0.2) is 0 Å². The second-order valence-electron chi connectivity index (χ2n) is 3.28. The molecule has 0 aliphatic carbocycles. The number of carbonyl (C=O) groups excluding carboxylic acids is 1. The van der Waals surface area contributed by atoms with Gasteiger partial charge in [-0.05, 0) is 0 Å². The van der Waals surface area contributed by atoms with Crippen LogP contribution in [0.25, 0.3) is 0 Å². The minimum atomic E-state index is -0.178. The average molecular weight is 196 g/mol. The molecule has 0 aromatic rings. The summed E-state index contributed by atoms with van der Waals surface area (Å²) in [6, 6.07) is 1.82. The summed E-state index contributed by atoms with van der Waals surface area (Å²) in [5, 5.41) is 14.2. The van der Waals surface area contributed by atoms with Crippen LogP contribution in [-0.4, -0.2) is 50.1 Å². The summed E-state index contributed by atoms with van der Waals surface area (Å²) in [6.45, 7) is 5.62. The molecule has 0 aromatic carbocycles. The Labute approximate surface area is 84.1 Å². The lowest BCUT2D eigenvalue weighted by molar-refractivity contribution is -0.120. The molecule has 1 amide bonds. The van der Waals surface area contributed by atoms with Gasteiger partial charge >= 0.3 is 0 Å². The van der Waals surface area contributed by atoms with E-state index in [1.54, 1.807) is 0 Å². The topological polar surface area (TPSA) is 68.2 Å². The smallest absolute Gasteiger partial charge is 0.234 e. The van der Waals surface area contributed by atoms with Crippen molar-refractivity contribution >= 4 is 5.91 Å². The third-order valence-corrected chi connectivity index (χ3v) is 2.20. The quantitative estimate of drug-likeness (QED) is 0.600. The Morgan fingerprint density at radius 3 is 2.86 bits per heavy atom. The Kier molecular flexibility index (Phi) is 4.97. The van der Waals surface area contributed by atoms with Crippen LogP contribution in [0.3, 0.4) is 0 Å². The fourth-order valence-electron chi connectivity index (χ4n) is 1.42. The minimum absolute atomic E-state index is 0.0401. The van der Waals surface area contributed by atoms with Gasteiger partial charge in [0, 0.05) is 39.3 Å². The van der Waals surface area contributed by atoms with E-state index in [4.69, 9.17) is 5.26 Å². The van der Waals surface area contributed by atoms with Crippen LogP contribution in [0.4, 0.5) is 0 Å². The highest BCUT2D eigenvalue weighted by Gasteiger charge is 2.08. The zero-order valence-corrected chi connectivity index (χ0v) is 8.25. The molecule has 0 radical (unpaired) electrons. The fourth-order valence-corrected chi connectivity index (χ4v) is 1.42. The molecular weight excluding hydrogens is 180 g/mol. The van der Waals surface area contributed by atoms with E-state index in [2.05, 4.69) is 15.5 Å². The van der Waals surface area contributed by atoms with E-state index in [1.807, 2.05) is 6.07 Å². The third kappa shape index (κ3) is 4.21. The molecule has 1 aliphatic rings. The molecular formula is C9H16N4O. The second-order valence-corrected chi connectivity index (χ2v) is 3.28. The Bertz CT molecular complexity index is 217. The van der Waals surface area contributed by atoms with Gasteiger partial charge in [-0.3, -0.25) is 9.69 Å². The molecule has 5 heteroatoms. The molecule has 1 heterocycles. The average Bonchev–Trinajstić information content (AvgIpc) is 2.20. The highest BCUT2D eigenvalue weighted by atomic mass is 16.1. The maximum Gasteiger partial charge on any atom is 0.234 e. The molecule has 0 bridgehead atoms. The van der Waals surface area contributed by atoms with Crippen LogP contribution in [0.5, 0.6) is 0 Å². The number of hydrogen-bond donors (Lipinski definition) is 2. The molecule has 0 atom stereocenters. The largest absolute Gasteiger partial charge is 0.354 e. The molecule has 78 valence electrons. The molecule has 0 aromatic heterocycles. The molecule has 1 rings (SSSR count). The van der Waals surface area contributed by atoms with Crippen LogP contribution in [-0.2, 0) is 4.79 Å². The van der Waals surface area contributed by atoms with E-state index >= 15 is 0 Å². The van der Waals surface area contributed by atoms with E-state index in [0.29, 0.717) is 6.54 Å². The molecule has 1 saturated heterocycles. The van der Waals surface area contributed by atoms with Crippen LogP contribution in [0.15, 0.2) is 0 Å². The van der Waals surface area contributed by atoms with Crippen molar-refractivity contribution in [1.82, 2.24) is 15.5 Å². The molecule has 1 fully saturated rings. The highest BCUT2D eigenvalue weighted by Crippen LogP contribution is 1.89. The van der Waals surface area contributed by atoms with E-state index in [0.717, 1.165) is 32.7 Å². The number of piperazine rings is 1. The van der Waals surface area contributed by atoms with Gasteiger partial charge in [-0.2, -0.15) is 5.26 Å². The Balaban J connectivity index is 2.03. The van der Waals surface area contributed by atoms with Crippen LogP contribution in [0.1, 0.15) is 6.42 Å². The molecule has 0 saturated carbocycles. The molecule has 5 nitrogen and oxygen atoms in total. The maximum atomic E-state index is 10.9. The summed E-state index contributed by atoms with van der Waals surface area (Å²) in [5.41, 5.74) is 0. The van der Waals surface area contributed by atoms with Crippen molar-refractivity contribution in [2.24, 2.45) is 0 Å². The van der Waals surface area contributed by atoms with Gasteiger partial charge in [0.05, 0.1) is 6.07 Å². The van der Waals surface area contributed by atoms with Crippen molar-refractivity contribution < 1.29 is 4.79 Å². The fraction of sp³-hybridized carbons (Fsp3) is 0.778. The predicted octanol–water partition coefficient (Wildman–Crippen LogP) is -1.08. The van der Waals surface area contributed by atoms with Crippen LogP contribution in [0.2, 0.25) is 0 Å². The van der Waals surface area contributed by atoms with Crippen LogP contribution in [0, 0.1) is 11.3 Å². The molecule has 14 heavy (non-hydrogen) atoms. The first-order valence-electron chi connectivity index (χ1n) is 4.89. The Morgan fingerprint density at radius 2 is 2.21 bits per heavy atom. The van der Waals surface area contributed by atoms with Crippen molar-refractivity contribution in [2.75, 3.05) is 39.3 Å². The van der Waals surface area contributed by atoms with Gasteiger partial charge < -0.3 is 10.6 Å². The second kappa shape index (κ2) is 6.35. The summed E-state index contributed by atoms with van der Waals surface area (Å²) in [4.78, 5) is 13.2. The van der Waals surface area contributed by atoms with Gasteiger partial charge in [-0.15, -0.1) is 0 Å². The number of nitrogens with one attached hydrogen (secondary N) is 2. The van der Waals surface area contributed by atoms with Crippen LogP contribution < -0.4 is 10.6 Å². The van der Waals surface area contributed by atoms with Gasteiger partial charge in [-0.25, -0.2) is 0 Å². The summed E-state index contributed by atoms with van der Waals surface area (Å²) in [5.74, 6) is -0.178. The monoisotopic (exact) mass is 196 g/mol. The van der Waals surface area contributed by atoms with Gasteiger partial charge in [0.25, 0.3) is 0 Å². The summed E-state index contributed by atoms with van der Waals surface area (Å²) < 4.78 is 0. The van der Waals surface area contributed by atoms with Crippen molar-refractivity contribution in [2.45, 2.75) is 6.42 Å². The van der Waals surface area contributed by atoms with E-state index in [9.17, 15) is 4.79 Å². The lowest BCUT2D eigenvalue weighted by Gasteiger charge is -2.26. The standard InChI is InChI=1S/C9H16N4O/c10-2-1-9(14)12-5-8-13-6-3-11-4-7-13/h11H,1,3-8H2,(H,12,14). The normalized spacial score (nSPS) is 17.4. The number of hydrogen-bond acceptors (Lipinski definition) is 4. The number of nitriles is 1. The molecule has 1 aliphatic heterocycles. The van der Waals surface area contributed by atoms with E-state index < -0.39 is 0 Å². The first-order chi connectivity index (χ1) is 6.83. The number of rotatable bonds is 4. The van der Waals surface area contributed by atoms with Gasteiger partial charge in [-0.1, -0.05) is 0 Å². The lowest BCUT2D eigenvalue weighted by atomic mass is 10.3. The first kappa shape index (κ1) is 11.0. The zero-order chi connectivity index (χ0) is 10.2. The summed E-state index contributed by atoms with van der Waals surface area (Å²) in [6.07, 6.45) is -0.0401. The Morgan fingerprint density at radius 1 is 1.50 bits per heavy atom. The number of nitrogens with zero attached hydrogens (tertiary/aromatic N) is 2. The van der Waals surface area contributed by atoms with Crippen molar-refractivity contribution in [3.05, 3.63) is 0 Å². The van der Waals surface area contributed by atoms with Gasteiger partial charge in [0.1, 0.15) is 6.42 Å². The highest BCUT2D eigenvalue weighted by molar-refractivity contribution is 5.77. The van der Waals surface area contributed by atoms with Crippen molar-refractivity contribution in [1.29, 1.82) is 5.26 Å². The van der Waals surface area contributed by atoms with Gasteiger partial charge in [0.2, 0.25) is 5.91 Å². The van der Waals surface area contributed by atoms with Crippen molar-refractivity contribution in [3.63, 3.8) is 0 Å². The number of amides is 1. The first-order valence-corrected chi connectivity index (χ1v) is 4.89. The Hall–Kier alpha value is -1.12. The van der Waals surface area contributed by atoms with Crippen LogP contribution >= 0.6 is 0 Å². The zero-order valence-electron chi connectivity index (χ0n) is 8.25. The summed E-state index contributed by atoms with van der Waals surface area (Å²) >= 11 is 0. The number of carbonyl (C=O) groups is 1. The predicted molar refractivity (Wildman–Crippen MR) is 52.5 cm³/mol.